The molecule has 16 heavy (non-hydrogen) atoms. The molecule has 0 spiro atoms. The molecule has 1 unspecified atom stereocenters. The maximum absolute atomic E-state index is 5.69. The van der Waals surface area contributed by atoms with Gasteiger partial charge < -0.3 is 10.6 Å². The van der Waals surface area contributed by atoms with E-state index in [0.29, 0.717) is 5.25 Å². The second-order valence-electron chi connectivity index (χ2n) is 4.59. The van der Waals surface area contributed by atoms with Gasteiger partial charge in [-0.2, -0.15) is 0 Å². The van der Waals surface area contributed by atoms with Gasteiger partial charge in [-0.1, -0.05) is 13.0 Å². The van der Waals surface area contributed by atoms with E-state index in [1.54, 1.807) is 0 Å². The summed E-state index contributed by atoms with van der Waals surface area (Å²) in [4.78, 5) is 3.86. The van der Waals surface area contributed by atoms with E-state index < -0.39 is 0 Å². The third-order valence-electron chi connectivity index (χ3n) is 2.93. The third-order valence-corrected chi connectivity index (χ3v) is 4.05. The summed E-state index contributed by atoms with van der Waals surface area (Å²) in [6.07, 6.45) is 0. The van der Waals surface area contributed by atoms with Gasteiger partial charge >= 0.3 is 0 Å². The highest BCUT2D eigenvalue weighted by atomic mass is 32.2. The summed E-state index contributed by atoms with van der Waals surface area (Å²) in [5, 5.41) is 0.653. The van der Waals surface area contributed by atoms with Gasteiger partial charge in [0.1, 0.15) is 0 Å². The molecule has 88 valence electrons. The van der Waals surface area contributed by atoms with Crippen molar-refractivity contribution in [1.29, 1.82) is 0 Å². The van der Waals surface area contributed by atoms with Gasteiger partial charge in [0.25, 0.3) is 0 Å². The van der Waals surface area contributed by atoms with Crippen LogP contribution in [0.25, 0.3) is 0 Å². The molecule has 1 aromatic carbocycles. The van der Waals surface area contributed by atoms with Gasteiger partial charge in [0.05, 0.1) is 5.69 Å². The van der Waals surface area contributed by atoms with Crippen molar-refractivity contribution in [3.8, 4) is 0 Å². The Morgan fingerprint density at radius 2 is 2.19 bits per heavy atom. The van der Waals surface area contributed by atoms with E-state index in [2.05, 4.69) is 37.8 Å². The van der Waals surface area contributed by atoms with Crippen molar-refractivity contribution in [1.82, 2.24) is 0 Å². The molecular formula is C13H20N2S. The molecule has 0 aromatic heterocycles. The van der Waals surface area contributed by atoms with Crippen molar-refractivity contribution in [2.75, 3.05) is 24.5 Å². The number of thioether (sulfide) groups is 1. The summed E-state index contributed by atoms with van der Waals surface area (Å²) in [7, 11) is 0. The molecule has 1 aromatic rings. The molecule has 1 aliphatic heterocycles. The highest BCUT2D eigenvalue weighted by Gasteiger charge is 2.23. The van der Waals surface area contributed by atoms with Gasteiger partial charge in [0.15, 0.2) is 0 Å². The van der Waals surface area contributed by atoms with E-state index in [-0.39, 0.29) is 0 Å². The Morgan fingerprint density at radius 1 is 1.44 bits per heavy atom. The first-order valence-corrected chi connectivity index (χ1v) is 6.72. The standard InChI is InChI=1S/C13H20N2S/c1-9-6-10(2)13-12(7-9)16-11(3)8-15(13)5-4-14/h6-7,11H,4-5,8,14H2,1-3H3. The Balaban J connectivity index is 2.44. The first-order valence-electron chi connectivity index (χ1n) is 5.84. The lowest BCUT2D eigenvalue weighted by Crippen LogP contribution is -2.37. The first kappa shape index (κ1) is 11.8. The van der Waals surface area contributed by atoms with Gasteiger partial charge in [-0.15, -0.1) is 11.8 Å². The zero-order valence-electron chi connectivity index (χ0n) is 10.3. The minimum absolute atomic E-state index is 0.653. The van der Waals surface area contributed by atoms with Crippen LogP contribution in [0.2, 0.25) is 0 Å². The van der Waals surface area contributed by atoms with Crippen LogP contribution in [0, 0.1) is 13.8 Å². The van der Waals surface area contributed by atoms with Gasteiger partial charge in [-0.25, -0.2) is 0 Å². The average Bonchev–Trinajstić information content (AvgIpc) is 2.15. The Morgan fingerprint density at radius 3 is 2.88 bits per heavy atom. The highest BCUT2D eigenvalue weighted by Crippen LogP contribution is 2.40. The minimum atomic E-state index is 0.653. The van der Waals surface area contributed by atoms with Crippen molar-refractivity contribution in [3.05, 3.63) is 23.3 Å². The van der Waals surface area contributed by atoms with Crippen LogP contribution >= 0.6 is 11.8 Å². The zero-order valence-corrected chi connectivity index (χ0v) is 11.1. The van der Waals surface area contributed by atoms with Crippen molar-refractivity contribution < 1.29 is 0 Å². The molecule has 1 aliphatic rings. The van der Waals surface area contributed by atoms with Crippen molar-refractivity contribution in [2.24, 2.45) is 5.73 Å². The Kier molecular flexibility index (Phi) is 3.45. The fraction of sp³-hybridized carbons (Fsp3) is 0.538. The zero-order chi connectivity index (χ0) is 11.7. The topological polar surface area (TPSA) is 29.3 Å². The van der Waals surface area contributed by atoms with Crippen molar-refractivity contribution in [2.45, 2.75) is 30.9 Å². The number of nitrogens with zero attached hydrogens (tertiary/aromatic N) is 1. The number of hydrogen-bond donors (Lipinski definition) is 1. The van der Waals surface area contributed by atoms with Crippen LogP contribution in [0.3, 0.4) is 0 Å². The lowest BCUT2D eigenvalue weighted by atomic mass is 10.1. The van der Waals surface area contributed by atoms with Gasteiger partial charge in [0.2, 0.25) is 0 Å². The number of benzene rings is 1. The largest absolute Gasteiger partial charge is 0.368 e. The van der Waals surface area contributed by atoms with Crippen molar-refractivity contribution >= 4 is 17.4 Å². The number of fused-ring (bicyclic) bond motifs is 1. The normalized spacial score (nSPS) is 19.8. The molecule has 0 fully saturated rings. The summed E-state index contributed by atoms with van der Waals surface area (Å²) in [5.74, 6) is 0. The number of rotatable bonds is 2. The SMILES string of the molecule is Cc1cc(C)c2c(c1)SC(C)CN2CCN. The molecule has 0 saturated heterocycles. The number of hydrogen-bond acceptors (Lipinski definition) is 3. The summed E-state index contributed by atoms with van der Waals surface area (Å²) < 4.78 is 0. The van der Waals surface area contributed by atoms with E-state index >= 15 is 0 Å². The maximum Gasteiger partial charge on any atom is 0.0535 e. The fourth-order valence-corrected chi connectivity index (χ4v) is 3.77. The van der Waals surface area contributed by atoms with Crippen LogP contribution in [-0.2, 0) is 0 Å². The molecule has 0 bridgehead atoms. The van der Waals surface area contributed by atoms with E-state index in [4.69, 9.17) is 5.73 Å². The Labute approximate surface area is 102 Å². The predicted molar refractivity (Wildman–Crippen MR) is 72.5 cm³/mol. The molecule has 2 nitrogen and oxygen atoms in total. The number of nitrogens with two attached hydrogens (primary N) is 1. The number of aryl methyl sites for hydroxylation is 2. The quantitative estimate of drug-likeness (QED) is 0.855. The van der Waals surface area contributed by atoms with E-state index in [1.165, 1.54) is 21.7 Å². The average molecular weight is 236 g/mol. The second kappa shape index (κ2) is 4.68. The van der Waals surface area contributed by atoms with Gasteiger partial charge in [-0.05, 0) is 31.0 Å². The third kappa shape index (κ3) is 2.20. The van der Waals surface area contributed by atoms with Crippen LogP contribution in [-0.4, -0.2) is 24.9 Å². The van der Waals surface area contributed by atoms with E-state index in [9.17, 15) is 0 Å². The van der Waals surface area contributed by atoms with Crippen LogP contribution in [0.1, 0.15) is 18.1 Å². The minimum Gasteiger partial charge on any atom is -0.368 e. The molecule has 2 rings (SSSR count). The Bertz CT molecular complexity index is 390. The van der Waals surface area contributed by atoms with Crippen LogP contribution in [0.5, 0.6) is 0 Å². The predicted octanol–water partition coefficient (Wildman–Crippen LogP) is 2.56. The van der Waals surface area contributed by atoms with Crippen molar-refractivity contribution in [3.63, 3.8) is 0 Å². The summed E-state index contributed by atoms with van der Waals surface area (Å²) in [6.45, 7) is 9.45. The lowest BCUT2D eigenvalue weighted by molar-refractivity contribution is 0.750. The molecule has 1 heterocycles. The molecule has 0 saturated carbocycles. The van der Waals surface area contributed by atoms with E-state index in [1.807, 2.05) is 11.8 Å². The van der Waals surface area contributed by atoms with Crippen LogP contribution in [0.4, 0.5) is 5.69 Å². The first-order chi connectivity index (χ1) is 7.61. The smallest absolute Gasteiger partial charge is 0.0535 e. The molecular weight excluding hydrogens is 216 g/mol. The summed E-state index contributed by atoms with van der Waals surface area (Å²) in [6, 6.07) is 4.56. The molecule has 2 N–H and O–H groups in total. The molecule has 3 heteroatoms. The fourth-order valence-electron chi connectivity index (χ4n) is 2.43. The molecule has 1 atom stereocenters. The van der Waals surface area contributed by atoms with Crippen LogP contribution in [0.15, 0.2) is 17.0 Å². The molecule has 0 radical (unpaired) electrons. The monoisotopic (exact) mass is 236 g/mol. The second-order valence-corrected chi connectivity index (χ2v) is 6.07. The van der Waals surface area contributed by atoms with Gasteiger partial charge in [0, 0.05) is 29.8 Å². The highest BCUT2D eigenvalue weighted by molar-refractivity contribution is 8.00. The lowest BCUT2D eigenvalue weighted by Gasteiger charge is -2.35. The molecule has 0 amide bonds. The van der Waals surface area contributed by atoms with Gasteiger partial charge in [-0.3, -0.25) is 0 Å². The van der Waals surface area contributed by atoms with Crippen LogP contribution < -0.4 is 10.6 Å². The Hall–Kier alpha value is -0.670. The summed E-state index contributed by atoms with van der Waals surface area (Å²) >= 11 is 1.99. The number of anilines is 1. The molecule has 0 aliphatic carbocycles. The maximum atomic E-state index is 5.69. The van der Waals surface area contributed by atoms with E-state index in [0.717, 1.165) is 19.6 Å². The summed E-state index contributed by atoms with van der Waals surface area (Å²) in [5.41, 5.74) is 9.83.